The third-order valence-electron chi connectivity index (χ3n) is 1.88. The average Bonchev–Trinajstić information content (AvgIpc) is 2.14. The van der Waals surface area contributed by atoms with Crippen LogP contribution < -0.4 is 11.1 Å². The van der Waals surface area contributed by atoms with E-state index in [1.807, 2.05) is 20.8 Å². The van der Waals surface area contributed by atoms with Crippen LogP contribution in [0.5, 0.6) is 0 Å². The van der Waals surface area contributed by atoms with Gasteiger partial charge in [0.25, 0.3) is 0 Å². The van der Waals surface area contributed by atoms with Crippen molar-refractivity contribution in [2.24, 2.45) is 0 Å². The minimum Gasteiger partial charge on any atom is -0.384 e. The summed E-state index contributed by atoms with van der Waals surface area (Å²) in [6, 6.07) is 1.71. The Morgan fingerprint density at radius 3 is 2.87 bits per heavy atom. The number of nitrogens with zero attached hydrogens (tertiary/aromatic N) is 2. The van der Waals surface area contributed by atoms with Crippen molar-refractivity contribution in [3.8, 4) is 0 Å². The highest BCUT2D eigenvalue weighted by molar-refractivity contribution is 5.44. The largest absolute Gasteiger partial charge is 0.384 e. The van der Waals surface area contributed by atoms with E-state index in [4.69, 9.17) is 10.5 Å². The molecular weight excluding hydrogens is 192 g/mol. The Morgan fingerprint density at radius 2 is 2.27 bits per heavy atom. The summed E-state index contributed by atoms with van der Waals surface area (Å²) < 4.78 is 5.39. The van der Waals surface area contributed by atoms with Crippen molar-refractivity contribution in [2.45, 2.75) is 26.9 Å². The summed E-state index contributed by atoms with van der Waals surface area (Å²) in [5, 5.41) is 3.15. The van der Waals surface area contributed by atoms with Crippen molar-refractivity contribution < 1.29 is 4.74 Å². The Bertz CT molecular complexity index is 296. The zero-order valence-electron chi connectivity index (χ0n) is 9.45. The van der Waals surface area contributed by atoms with E-state index in [-0.39, 0.29) is 6.10 Å². The molecule has 0 radical (unpaired) electrons. The molecule has 0 aliphatic rings. The van der Waals surface area contributed by atoms with Crippen LogP contribution in [0.15, 0.2) is 6.07 Å². The lowest BCUT2D eigenvalue weighted by Crippen LogP contribution is -2.20. The molecule has 0 aromatic carbocycles. The standard InChI is InChI=1S/C10H18N4O/c1-4-15-7(2)6-12-10-5-9(11)13-8(3)14-10/h5,7H,4,6H2,1-3H3,(H3,11,12,13,14). The predicted octanol–water partition coefficient (Wildman–Crippen LogP) is 1.20. The Kier molecular flexibility index (Phi) is 4.30. The molecule has 5 nitrogen and oxygen atoms in total. The van der Waals surface area contributed by atoms with Crippen LogP contribution in [-0.2, 0) is 4.74 Å². The van der Waals surface area contributed by atoms with Gasteiger partial charge < -0.3 is 15.8 Å². The third-order valence-corrected chi connectivity index (χ3v) is 1.88. The summed E-state index contributed by atoms with van der Waals surface area (Å²) in [5.41, 5.74) is 5.60. The van der Waals surface area contributed by atoms with Gasteiger partial charge in [0.1, 0.15) is 17.5 Å². The molecule has 1 heterocycles. The lowest BCUT2D eigenvalue weighted by atomic mass is 10.4. The first-order chi connectivity index (χ1) is 7.11. The predicted molar refractivity (Wildman–Crippen MR) is 60.8 cm³/mol. The molecule has 0 spiro atoms. The molecular formula is C10H18N4O. The van der Waals surface area contributed by atoms with Crippen molar-refractivity contribution >= 4 is 11.6 Å². The smallest absolute Gasteiger partial charge is 0.131 e. The molecule has 1 atom stereocenters. The monoisotopic (exact) mass is 210 g/mol. The van der Waals surface area contributed by atoms with Gasteiger partial charge in [0, 0.05) is 19.2 Å². The second kappa shape index (κ2) is 5.50. The molecule has 0 aliphatic heterocycles. The number of aromatic nitrogens is 2. The first-order valence-corrected chi connectivity index (χ1v) is 5.08. The number of hydrogen-bond donors (Lipinski definition) is 2. The van der Waals surface area contributed by atoms with Crippen molar-refractivity contribution in [2.75, 3.05) is 24.2 Å². The van der Waals surface area contributed by atoms with E-state index in [9.17, 15) is 0 Å². The van der Waals surface area contributed by atoms with E-state index in [0.717, 1.165) is 5.82 Å². The van der Waals surface area contributed by atoms with Gasteiger partial charge in [-0.3, -0.25) is 0 Å². The molecule has 1 unspecified atom stereocenters. The number of hydrogen-bond acceptors (Lipinski definition) is 5. The zero-order chi connectivity index (χ0) is 11.3. The Hall–Kier alpha value is -1.36. The van der Waals surface area contributed by atoms with E-state index in [2.05, 4.69) is 15.3 Å². The van der Waals surface area contributed by atoms with Crippen molar-refractivity contribution in [1.82, 2.24) is 9.97 Å². The van der Waals surface area contributed by atoms with Crippen molar-refractivity contribution in [3.63, 3.8) is 0 Å². The minimum atomic E-state index is 0.159. The topological polar surface area (TPSA) is 73.1 Å². The Labute approximate surface area is 90.1 Å². The van der Waals surface area contributed by atoms with Crippen molar-refractivity contribution in [3.05, 3.63) is 11.9 Å². The van der Waals surface area contributed by atoms with Crippen LogP contribution in [0.3, 0.4) is 0 Å². The molecule has 0 aliphatic carbocycles. The minimum absolute atomic E-state index is 0.159. The summed E-state index contributed by atoms with van der Waals surface area (Å²) >= 11 is 0. The summed E-state index contributed by atoms with van der Waals surface area (Å²) in [7, 11) is 0. The first-order valence-electron chi connectivity index (χ1n) is 5.08. The van der Waals surface area contributed by atoms with Crippen LogP contribution >= 0.6 is 0 Å². The molecule has 0 bridgehead atoms. The number of nitrogens with one attached hydrogen (secondary N) is 1. The van der Waals surface area contributed by atoms with Gasteiger partial charge in [-0.1, -0.05) is 0 Å². The van der Waals surface area contributed by atoms with Crippen molar-refractivity contribution in [1.29, 1.82) is 0 Å². The fourth-order valence-electron chi connectivity index (χ4n) is 1.27. The van der Waals surface area contributed by atoms with Crippen LogP contribution in [0, 0.1) is 6.92 Å². The van der Waals surface area contributed by atoms with Crippen LogP contribution in [0.2, 0.25) is 0 Å². The van der Waals surface area contributed by atoms with Gasteiger partial charge in [-0.2, -0.15) is 0 Å². The maximum Gasteiger partial charge on any atom is 0.131 e. The molecule has 84 valence electrons. The Balaban J connectivity index is 2.50. The maximum absolute atomic E-state index is 5.60. The first kappa shape index (κ1) is 11.7. The number of ether oxygens (including phenoxy) is 1. The SMILES string of the molecule is CCOC(C)CNc1cc(N)nc(C)n1. The maximum atomic E-state index is 5.60. The highest BCUT2D eigenvalue weighted by Gasteiger charge is 2.02. The second-order valence-corrected chi connectivity index (χ2v) is 3.37. The van der Waals surface area contributed by atoms with E-state index in [0.29, 0.717) is 24.8 Å². The number of nitrogens with two attached hydrogens (primary N) is 1. The molecule has 5 heteroatoms. The normalized spacial score (nSPS) is 12.5. The third kappa shape index (κ3) is 4.12. The van der Waals surface area contributed by atoms with Gasteiger partial charge in [0.05, 0.1) is 6.10 Å². The van der Waals surface area contributed by atoms with E-state index in [1.54, 1.807) is 6.07 Å². The lowest BCUT2D eigenvalue weighted by molar-refractivity contribution is 0.0855. The number of anilines is 2. The van der Waals surface area contributed by atoms with E-state index < -0.39 is 0 Å². The van der Waals surface area contributed by atoms with E-state index >= 15 is 0 Å². The molecule has 0 saturated carbocycles. The van der Waals surface area contributed by atoms with Crippen LogP contribution in [-0.4, -0.2) is 29.2 Å². The van der Waals surface area contributed by atoms with Crippen LogP contribution in [0.1, 0.15) is 19.7 Å². The van der Waals surface area contributed by atoms with Crippen LogP contribution in [0.25, 0.3) is 0 Å². The number of nitrogen functional groups attached to an aromatic ring is 1. The zero-order valence-corrected chi connectivity index (χ0v) is 9.45. The highest BCUT2D eigenvalue weighted by atomic mass is 16.5. The van der Waals surface area contributed by atoms with Gasteiger partial charge >= 0.3 is 0 Å². The van der Waals surface area contributed by atoms with Crippen LogP contribution in [0.4, 0.5) is 11.6 Å². The molecule has 0 saturated heterocycles. The summed E-state index contributed by atoms with van der Waals surface area (Å²) in [4.78, 5) is 8.20. The molecule has 1 aromatic heterocycles. The second-order valence-electron chi connectivity index (χ2n) is 3.37. The molecule has 0 fully saturated rings. The Morgan fingerprint density at radius 1 is 1.53 bits per heavy atom. The highest BCUT2D eigenvalue weighted by Crippen LogP contribution is 2.07. The fourth-order valence-corrected chi connectivity index (χ4v) is 1.27. The van der Waals surface area contributed by atoms with Gasteiger partial charge in [0.15, 0.2) is 0 Å². The molecule has 1 rings (SSSR count). The van der Waals surface area contributed by atoms with Gasteiger partial charge in [-0.25, -0.2) is 9.97 Å². The number of rotatable bonds is 5. The molecule has 15 heavy (non-hydrogen) atoms. The summed E-state index contributed by atoms with van der Waals surface area (Å²) in [6.45, 7) is 7.22. The van der Waals surface area contributed by atoms with Gasteiger partial charge in [-0.15, -0.1) is 0 Å². The quantitative estimate of drug-likeness (QED) is 0.764. The molecule has 0 amide bonds. The number of aryl methyl sites for hydroxylation is 1. The molecule has 1 aromatic rings. The van der Waals surface area contributed by atoms with Gasteiger partial charge in [0.2, 0.25) is 0 Å². The molecule has 3 N–H and O–H groups in total. The van der Waals surface area contributed by atoms with Gasteiger partial charge in [-0.05, 0) is 20.8 Å². The average molecular weight is 210 g/mol. The lowest BCUT2D eigenvalue weighted by Gasteiger charge is -2.13. The summed E-state index contributed by atoms with van der Waals surface area (Å²) in [6.07, 6.45) is 0.159. The van der Waals surface area contributed by atoms with E-state index in [1.165, 1.54) is 0 Å². The fraction of sp³-hybridized carbons (Fsp3) is 0.600. The summed E-state index contributed by atoms with van der Waals surface area (Å²) in [5.74, 6) is 1.89.